The Morgan fingerprint density at radius 1 is 1.40 bits per heavy atom. The van der Waals surface area contributed by atoms with Crippen molar-refractivity contribution in [2.75, 3.05) is 6.61 Å². The summed E-state index contributed by atoms with van der Waals surface area (Å²) in [6.07, 6.45) is 6.86. The van der Waals surface area contributed by atoms with Gasteiger partial charge in [-0.25, -0.2) is 0 Å². The van der Waals surface area contributed by atoms with Gasteiger partial charge in [-0.15, -0.1) is 0 Å². The van der Waals surface area contributed by atoms with Gasteiger partial charge in [0.2, 0.25) is 0 Å². The van der Waals surface area contributed by atoms with Crippen molar-refractivity contribution in [1.82, 2.24) is 0 Å². The first kappa shape index (κ1) is 12.5. The van der Waals surface area contributed by atoms with E-state index in [1.165, 1.54) is 19.3 Å². The van der Waals surface area contributed by atoms with Gasteiger partial charge >= 0.3 is 5.97 Å². The number of cyclic esters (lactones) is 1. The van der Waals surface area contributed by atoms with Crippen molar-refractivity contribution < 1.29 is 14.6 Å². The zero-order chi connectivity index (χ0) is 11.1. The molecule has 0 radical (unpaired) electrons. The second-order valence-corrected chi connectivity index (χ2v) is 4.33. The minimum Gasteiger partial charge on any atom is -0.465 e. The Balaban J connectivity index is 2.07. The third-order valence-corrected chi connectivity index (χ3v) is 3.04. The molecule has 1 saturated heterocycles. The maximum absolute atomic E-state index is 11.2. The molecule has 1 fully saturated rings. The number of hydrogen-bond donors (Lipinski definition) is 1. The normalized spacial score (nSPS) is 22.8. The number of ether oxygens (including phenoxy) is 1. The molecule has 1 rings (SSSR count). The molecule has 2 atom stereocenters. The molecule has 0 aromatic rings. The topological polar surface area (TPSA) is 46.5 Å². The lowest BCUT2D eigenvalue weighted by atomic mass is 9.96. The molecule has 0 saturated carbocycles. The standard InChI is InChI=1S/C12H22O3/c1-2-3-4-5-6-7-11(13)10-8-9-15-12(10)14/h10-11,13H,2-9H2,1H3. The van der Waals surface area contributed by atoms with Crippen molar-refractivity contribution in [3.8, 4) is 0 Å². The summed E-state index contributed by atoms with van der Waals surface area (Å²) in [4.78, 5) is 11.2. The predicted octanol–water partition coefficient (Wildman–Crippen LogP) is 2.27. The van der Waals surface area contributed by atoms with Crippen LogP contribution in [-0.4, -0.2) is 23.8 Å². The van der Waals surface area contributed by atoms with Gasteiger partial charge in [-0.2, -0.15) is 0 Å². The van der Waals surface area contributed by atoms with Gasteiger partial charge in [0.15, 0.2) is 0 Å². The minimum atomic E-state index is -0.485. The molecule has 1 N–H and O–H groups in total. The molecule has 0 aliphatic carbocycles. The molecule has 1 aliphatic heterocycles. The van der Waals surface area contributed by atoms with Crippen molar-refractivity contribution in [3.63, 3.8) is 0 Å². The summed E-state index contributed by atoms with van der Waals surface area (Å²) in [5, 5.41) is 9.78. The summed E-state index contributed by atoms with van der Waals surface area (Å²) in [6, 6.07) is 0. The quantitative estimate of drug-likeness (QED) is 0.522. The van der Waals surface area contributed by atoms with Crippen LogP contribution in [0.25, 0.3) is 0 Å². The van der Waals surface area contributed by atoms with Crippen molar-refractivity contribution in [2.24, 2.45) is 5.92 Å². The smallest absolute Gasteiger partial charge is 0.311 e. The predicted molar refractivity (Wildman–Crippen MR) is 58.4 cm³/mol. The molecule has 1 heterocycles. The second-order valence-electron chi connectivity index (χ2n) is 4.33. The van der Waals surface area contributed by atoms with E-state index in [0.717, 1.165) is 19.3 Å². The maximum Gasteiger partial charge on any atom is 0.311 e. The van der Waals surface area contributed by atoms with Crippen LogP contribution >= 0.6 is 0 Å². The van der Waals surface area contributed by atoms with E-state index in [-0.39, 0.29) is 11.9 Å². The van der Waals surface area contributed by atoms with Gasteiger partial charge in [-0.1, -0.05) is 39.0 Å². The summed E-state index contributed by atoms with van der Waals surface area (Å²) >= 11 is 0. The number of unbranched alkanes of at least 4 members (excludes halogenated alkanes) is 4. The average molecular weight is 214 g/mol. The molecule has 3 nitrogen and oxygen atoms in total. The number of hydrogen-bond acceptors (Lipinski definition) is 3. The van der Waals surface area contributed by atoms with Crippen LogP contribution in [0, 0.1) is 5.92 Å². The third-order valence-electron chi connectivity index (χ3n) is 3.04. The molecule has 0 aromatic carbocycles. The maximum atomic E-state index is 11.2. The van der Waals surface area contributed by atoms with E-state index in [1.807, 2.05) is 0 Å². The lowest BCUT2D eigenvalue weighted by Gasteiger charge is -2.13. The Labute approximate surface area is 91.8 Å². The second kappa shape index (κ2) is 6.83. The van der Waals surface area contributed by atoms with E-state index >= 15 is 0 Å². The summed E-state index contributed by atoms with van der Waals surface area (Å²) in [5.74, 6) is -0.466. The lowest BCUT2D eigenvalue weighted by molar-refractivity contribution is -0.144. The first-order chi connectivity index (χ1) is 7.25. The number of carbonyl (C=O) groups is 1. The van der Waals surface area contributed by atoms with Crippen molar-refractivity contribution in [2.45, 2.75) is 58.0 Å². The van der Waals surface area contributed by atoms with Gasteiger partial charge in [-0.05, 0) is 12.8 Å². The van der Waals surface area contributed by atoms with Crippen LogP contribution in [0.3, 0.4) is 0 Å². The number of carbonyl (C=O) groups excluding carboxylic acids is 1. The van der Waals surface area contributed by atoms with E-state index in [1.54, 1.807) is 0 Å². The molecular weight excluding hydrogens is 192 g/mol. The zero-order valence-corrected chi connectivity index (χ0v) is 9.58. The molecule has 0 spiro atoms. The molecule has 1 aliphatic rings. The Morgan fingerprint density at radius 2 is 2.13 bits per heavy atom. The van der Waals surface area contributed by atoms with Crippen LogP contribution in [0.15, 0.2) is 0 Å². The Hall–Kier alpha value is -0.570. The number of rotatable bonds is 7. The zero-order valence-electron chi connectivity index (χ0n) is 9.58. The highest BCUT2D eigenvalue weighted by Gasteiger charge is 2.32. The highest BCUT2D eigenvalue weighted by atomic mass is 16.5. The van der Waals surface area contributed by atoms with Crippen LogP contribution in [0.2, 0.25) is 0 Å². The number of aliphatic hydroxyl groups excluding tert-OH is 1. The van der Waals surface area contributed by atoms with Crippen LogP contribution in [0.4, 0.5) is 0 Å². The van der Waals surface area contributed by atoms with Gasteiger partial charge in [-0.3, -0.25) is 4.79 Å². The monoisotopic (exact) mass is 214 g/mol. The molecule has 0 aromatic heterocycles. The van der Waals surface area contributed by atoms with Crippen LogP contribution in [0.1, 0.15) is 51.9 Å². The van der Waals surface area contributed by atoms with E-state index < -0.39 is 6.10 Å². The summed E-state index contributed by atoms with van der Waals surface area (Å²) < 4.78 is 4.83. The average Bonchev–Trinajstić information content (AvgIpc) is 2.64. The fraction of sp³-hybridized carbons (Fsp3) is 0.917. The number of esters is 1. The van der Waals surface area contributed by atoms with E-state index in [2.05, 4.69) is 6.92 Å². The lowest BCUT2D eigenvalue weighted by Crippen LogP contribution is -2.24. The largest absolute Gasteiger partial charge is 0.465 e. The molecule has 2 unspecified atom stereocenters. The minimum absolute atomic E-state index is 0.212. The van der Waals surface area contributed by atoms with Crippen LogP contribution in [0.5, 0.6) is 0 Å². The molecule has 3 heteroatoms. The SMILES string of the molecule is CCCCCCCC(O)C1CCOC1=O. The Morgan fingerprint density at radius 3 is 2.73 bits per heavy atom. The molecule has 15 heavy (non-hydrogen) atoms. The fourth-order valence-electron chi connectivity index (χ4n) is 2.02. The Bertz CT molecular complexity index is 191. The summed E-state index contributed by atoms with van der Waals surface area (Å²) in [7, 11) is 0. The molecular formula is C12H22O3. The Kier molecular flexibility index (Phi) is 5.69. The number of aliphatic hydroxyl groups is 1. The first-order valence-electron chi connectivity index (χ1n) is 6.10. The summed E-state index contributed by atoms with van der Waals surface area (Å²) in [5.41, 5.74) is 0. The van der Waals surface area contributed by atoms with E-state index in [0.29, 0.717) is 13.0 Å². The van der Waals surface area contributed by atoms with Crippen LogP contribution < -0.4 is 0 Å². The van der Waals surface area contributed by atoms with E-state index in [9.17, 15) is 9.90 Å². The summed E-state index contributed by atoms with van der Waals surface area (Å²) in [6.45, 7) is 2.67. The molecule has 88 valence electrons. The van der Waals surface area contributed by atoms with Gasteiger partial charge in [0, 0.05) is 0 Å². The van der Waals surface area contributed by atoms with E-state index in [4.69, 9.17) is 4.74 Å². The third kappa shape index (κ3) is 4.20. The first-order valence-corrected chi connectivity index (χ1v) is 6.10. The van der Waals surface area contributed by atoms with Gasteiger partial charge in [0.05, 0.1) is 18.6 Å². The fourth-order valence-corrected chi connectivity index (χ4v) is 2.02. The molecule has 0 amide bonds. The highest BCUT2D eigenvalue weighted by Crippen LogP contribution is 2.22. The van der Waals surface area contributed by atoms with Crippen molar-refractivity contribution in [3.05, 3.63) is 0 Å². The van der Waals surface area contributed by atoms with Gasteiger partial charge < -0.3 is 9.84 Å². The highest BCUT2D eigenvalue weighted by molar-refractivity contribution is 5.74. The van der Waals surface area contributed by atoms with Crippen molar-refractivity contribution in [1.29, 1.82) is 0 Å². The van der Waals surface area contributed by atoms with Crippen molar-refractivity contribution >= 4 is 5.97 Å². The van der Waals surface area contributed by atoms with Gasteiger partial charge in [0.1, 0.15) is 0 Å². The van der Waals surface area contributed by atoms with Crippen LogP contribution in [-0.2, 0) is 9.53 Å². The molecule has 0 bridgehead atoms. The van der Waals surface area contributed by atoms with Gasteiger partial charge in [0.25, 0.3) is 0 Å².